The van der Waals surface area contributed by atoms with E-state index in [1.54, 1.807) is 6.08 Å². The highest BCUT2D eigenvalue weighted by Crippen LogP contribution is 1.93. The number of sulfone groups is 1. The van der Waals surface area contributed by atoms with Gasteiger partial charge in [-0.05, 0) is 6.42 Å². The first kappa shape index (κ1) is 8.43. The van der Waals surface area contributed by atoms with Crippen LogP contribution < -0.4 is 0 Å². The molecule has 2 nitrogen and oxygen atoms in total. The van der Waals surface area contributed by atoms with E-state index in [1.165, 1.54) is 0 Å². The predicted molar refractivity (Wildman–Crippen MR) is 38.8 cm³/mol. The fourth-order valence-electron chi connectivity index (χ4n) is 0.331. The molecule has 0 rings (SSSR count). The second kappa shape index (κ2) is 3.45. The van der Waals surface area contributed by atoms with Crippen molar-refractivity contribution in [2.24, 2.45) is 0 Å². The summed E-state index contributed by atoms with van der Waals surface area (Å²) in [5, 5.41) is 0.969. The maximum absolute atomic E-state index is 10.6. The Morgan fingerprint density at radius 1 is 1.33 bits per heavy atom. The number of hydrogen-bond donors (Lipinski definition) is 0. The van der Waals surface area contributed by atoms with Crippen molar-refractivity contribution in [1.82, 2.24) is 0 Å². The van der Waals surface area contributed by atoms with Gasteiger partial charge in [0, 0.05) is 5.41 Å². The topological polar surface area (TPSA) is 34.1 Å². The Morgan fingerprint density at radius 3 is 2.22 bits per heavy atom. The van der Waals surface area contributed by atoms with Crippen LogP contribution in [0.15, 0.2) is 24.6 Å². The van der Waals surface area contributed by atoms with E-state index in [1.807, 2.05) is 0 Å². The number of hydrogen-bond acceptors (Lipinski definition) is 2. The Labute approximate surface area is 55.8 Å². The third kappa shape index (κ3) is 3.97. The summed E-state index contributed by atoms with van der Waals surface area (Å²) in [5.41, 5.74) is 0. The van der Waals surface area contributed by atoms with Gasteiger partial charge in [0.1, 0.15) is 0 Å². The van der Waals surface area contributed by atoms with E-state index < -0.39 is 9.84 Å². The van der Waals surface area contributed by atoms with Crippen molar-refractivity contribution in [3.63, 3.8) is 0 Å². The molecule has 0 fully saturated rings. The highest BCUT2D eigenvalue weighted by Gasteiger charge is 2.00. The number of allylic oxidation sites excluding steroid dienone is 1. The molecule has 0 aliphatic rings. The Balaban J connectivity index is 3.89. The van der Waals surface area contributed by atoms with Crippen LogP contribution in [0.3, 0.4) is 0 Å². The maximum Gasteiger partial charge on any atom is 0.171 e. The van der Waals surface area contributed by atoms with Crippen LogP contribution in [0.2, 0.25) is 0 Å². The van der Waals surface area contributed by atoms with Crippen LogP contribution in [0, 0.1) is 0 Å². The lowest BCUT2D eigenvalue weighted by atomic mass is 10.5. The molecule has 0 radical (unpaired) electrons. The van der Waals surface area contributed by atoms with Gasteiger partial charge >= 0.3 is 0 Å². The zero-order valence-electron chi connectivity index (χ0n) is 5.21. The van der Waals surface area contributed by atoms with Crippen LogP contribution in [-0.4, -0.2) is 14.2 Å². The molecule has 0 aromatic carbocycles. The lowest BCUT2D eigenvalue weighted by Crippen LogP contribution is -1.99. The van der Waals surface area contributed by atoms with Gasteiger partial charge in [0.05, 0.1) is 5.75 Å². The van der Waals surface area contributed by atoms with E-state index in [4.69, 9.17) is 0 Å². The van der Waals surface area contributed by atoms with Gasteiger partial charge in [-0.25, -0.2) is 8.42 Å². The van der Waals surface area contributed by atoms with Crippen LogP contribution in [0.5, 0.6) is 0 Å². The Kier molecular flexibility index (Phi) is 3.24. The minimum absolute atomic E-state index is 0.125. The minimum Gasteiger partial charge on any atom is -0.224 e. The molecular formula is C6H10O2S. The monoisotopic (exact) mass is 146 g/mol. The first-order chi connectivity index (χ1) is 4.12. The largest absolute Gasteiger partial charge is 0.224 e. The molecule has 0 aliphatic heterocycles. The van der Waals surface area contributed by atoms with Gasteiger partial charge in [-0.2, -0.15) is 0 Å². The quantitative estimate of drug-likeness (QED) is 0.557. The molecule has 0 aliphatic carbocycles. The molecule has 0 spiro atoms. The maximum atomic E-state index is 10.6. The van der Waals surface area contributed by atoms with E-state index in [0.29, 0.717) is 6.42 Å². The molecule has 0 unspecified atom stereocenters. The molecule has 0 aromatic rings. The van der Waals surface area contributed by atoms with E-state index in [0.717, 1.165) is 5.41 Å². The Bertz CT molecular complexity index is 189. The summed E-state index contributed by atoms with van der Waals surface area (Å²) in [6.45, 7) is 6.56. The zero-order chi connectivity index (χ0) is 7.33. The molecule has 9 heavy (non-hydrogen) atoms. The molecule has 0 atom stereocenters. The Morgan fingerprint density at radius 2 is 1.89 bits per heavy atom. The molecule has 0 N–H and O–H groups in total. The number of rotatable bonds is 4. The summed E-state index contributed by atoms with van der Waals surface area (Å²) >= 11 is 0. The molecule has 0 saturated heterocycles. The average molecular weight is 146 g/mol. The van der Waals surface area contributed by atoms with Gasteiger partial charge in [-0.1, -0.05) is 12.7 Å². The van der Waals surface area contributed by atoms with Crippen molar-refractivity contribution in [3.05, 3.63) is 24.6 Å². The second-order valence-electron chi connectivity index (χ2n) is 1.61. The van der Waals surface area contributed by atoms with E-state index in [9.17, 15) is 8.42 Å². The predicted octanol–water partition coefficient (Wildman–Crippen LogP) is 1.12. The van der Waals surface area contributed by atoms with Crippen molar-refractivity contribution < 1.29 is 8.42 Å². The average Bonchev–Trinajstić information content (AvgIpc) is 1.84. The first-order valence-corrected chi connectivity index (χ1v) is 4.30. The lowest BCUT2D eigenvalue weighted by molar-refractivity contribution is 0.604. The Hall–Kier alpha value is -0.570. The van der Waals surface area contributed by atoms with Crippen molar-refractivity contribution in [2.45, 2.75) is 6.42 Å². The highest BCUT2D eigenvalue weighted by molar-refractivity contribution is 7.94. The van der Waals surface area contributed by atoms with Gasteiger partial charge in [0.2, 0.25) is 0 Å². The molecule has 0 bridgehead atoms. The molecule has 3 heteroatoms. The summed E-state index contributed by atoms with van der Waals surface area (Å²) in [4.78, 5) is 0. The van der Waals surface area contributed by atoms with Crippen LogP contribution in [-0.2, 0) is 9.84 Å². The fraction of sp³-hybridized carbons (Fsp3) is 0.333. The summed E-state index contributed by atoms with van der Waals surface area (Å²) in [5.74, 6) is 0.125. The summed E-state index contributed by atoms with van der Waals surface area (Å²) in [7, 11) is -2.99. The van der Waals surface area contributed by atoms with Crippen LogP contribution in [0.1, 0.15) is 6.42 Å². The van der Waals surface area contributed by atoms with Crippen LogP contribution >= 0.6 is 0 Å². The summed E-state index contributed by atoms with van der Waals surface area (Å²) in [6.07, 6.45) is 2.06. The van der Waals surface area contributed by atoms with Crippen molar-refractivity contribution in [2.75, 3.05) is 5.75 Å². The summed E-state index contributed by atoms with van der Waals surface area (Å²) < 4.78 is 21.2. The molecular weight excluding hydrogens is 136 g/mol. The summed E-state index contributed by atoms with van der Waals surface area (Å²) in [6, 6.07) is 0. The van der Waals surface area contributed by atoms with E-state index in [-0.39, 0.29) is 5.75 Å². The van der Waals surface area contributed by atoms with E-state index >= 15 is 0 Å². The van der Waals surface area contributed by atoms with Crippen LogP contribution in [0.4, 0.5) is 0 Å². The fourth-order valence-corrected chi connectivity index (χ4v) is 0.993. The molecule has 52 valence electrons. The van der Waals surface area contributed by atoms with Gasteiger partial charge in [-0.15, -0.1) is 6.58 Å². The second-order valence-corrected chi connectivity index (χ2v) is 3.68. The molecule has 0 aromatic heterocycles. The molecule has 0 amide bonds. The third-order valence-electron chi connectivity index (χ3n) is 0.860. The SMILES string of the molecule is C=CCCS(=O)(=O)C=C. The van der Waals surface area contributed by atoms with Gasteiger partial charge in [0.15, 0.2) is 9.84 Å². The van der Waals surface area contributed by atoms with E-state index in [2.05, 4.69) is 13.2 Å². The molecule has 0 saturated carbocycles. The standard InChI is InChI=1S/C6H10O2S/c1-3-5-6-9(7,8)4-2/h3-4H,1-2,5-6H2. The third-order valence-corrected chi connectivity index (χ3v) is 2.17. The van der Waals surface area contributed by atoms with Gasteiger partial charge < -0.3 is 0 Å². The normalized spacial score (nSPS) is 10.7. The first-order valence-electron chi connectivity index (χ1n) is 2.58. The van der Waals surface area contributed by atoms with Crippen molar-refractivity contribution in [1.29, 1.82) is 0 Å². The van der Waals surface area contributed by atoms with Gasteiger partial charge in [-0.3, -0.25) is 0 Å². The highest BCUT2D eigenvalue weighted by atomic mass is 32.2. The smallest absolute Gasteiger partial charge is 0.171 e. The minimum atomic E-state index is -2.99. The van der Waals surface area contributed by atoms with Crippen molar-refractivity contribution >= 4 is 9.84 Å². The van der Waals surface area contributed by atoms with Gasteiger partial charge in [0.25, 0.3) is 0 Å². The van der Waals surface area contributed by atoms with Crippen molar-refractivity contribution in [3.8, 4) is 0 Å². The lowest BCUT2D eigenvalue weighted by Gasteiger charge is -1.90. The zero-order valence-corrected chi connectivity index (χ0v) is 6.02. The van der Waals surface area contributed by atoms with Crippen LogP contribution in [0.25, 0.3) is 0 Å². The molecule has 0 heterocycles.